The van der Waals surface area contributed by atoms with Crippen LogP contribution in [0.4, 0.5) is 11.4 Å². The average molecular weight is 275 g/mol. The number of rotatable bonds is 3. The molecule has 2 aromatic rings. The van der Waals surface area contributed by atoms with Gasteiger partial charge in [-0.2, -0.15) is 0 Å². The van der Waals surface area contributed by atoms with Gasteiger partial charge in [0.05, 0.1) is 5.56 Å². The number of nitrogens with two attached hydrogens (primary N) is 1. The second-order valence-electron chi connectivity index (χ2n) is 4.20. The van der Waals surface area contributed by atoms with Crippen molar-refractivity contribution >= 4 is 28.9 Å². The first-order valence-electron chi connectivity index (χ1n) is 6.06. The molecule has 0 radical (unpaired) electrons. The third-order valence-electron chi connectivity index (χ3n) is 2.90. The van der Waals surface area contributed by atoms with Crippen LogP contribution in [0.5, 0.6) is 0 Å². The Morgan fingerprint density at radius 2 is 2.00 bits per heavy atom. The summed E-state index contributed by atoms with van der Waals surface area (Å²) in [7, 11) is 0. The fourth-order valence-corrected chi connectivity index (χ4v) is 2.06. The van der Waals surface area contributed by atoms with E-state index in [0.29, 0.717) is 16.3 Å². The summed E-state index contributed by atoms with van der Waals surface area (Å²) in [6.07, 6.45) is 0.854. The van der Waals surface area contributed by atoms with Gasteiger partial charge in [0.15, 0.2) is 0 Å². The Kier molecular flexibility index (Phi) is 4.07. The van der Waals surface area contributed by atoms with Gasteiger partial charge in [-0.05, 0) is 36.2 Å². The second kappa shape index (κ2) is 5.76. The summed E-state index contributed by atoms with van der Waals surface area (Å²) in [4.78, 5) is 12.2. The van der Waals surface area contributed by atoms with Crippen molar-refractivity contribution in [1.29, 1.82) is 0 Å². The quantitative estimate of drug-likeness (QED) is 0.838. The van der Waals surface area contributed by atoms with Crippen molar-refractivity contribution in [3.8, 4) is 0 Å². The van der Waals surface area contributed by atoms with E-state index in [2.05, 4.69) is 5.32 Å². The number of nitrogen functional groups attached to an aromatic ring is 1. The van der Waals surface area contributed by atoms with Gasteiger partial charge in [0.25, 0.3) is 5.91 Å². The lowest BCUT2D eigenvalue weighted by Gasteiger charge is -2.11. The first-order valence-corrected chi connectivity index (χ1v) is 6.44. The zero-order chi connectivity index (χ0) is 13.8. The molecule has 3 nitrogen and oxygen atoms in total. The van der Waals surface area contributed by atoms with Crippen LogP contribution in [0.25, 0.3) is 0 Å². The van der Waals surface area contributed by atoms with Crippen molar-refractivity contribution in [3.05, 3.63) is 58.6 Å². The molecule has 0 atom stereocenters. The largest absolute Gasteiger partial charge is 0.398 e. The van der Waals surface area contributed by atoms with Crippen LogP contribution >= 0.6 is 11.6 Å². The number of nitrogens with one attached hydrogen (secondary N) is 1. The molecular formula is C15H15ClN2O. The molecule has 19 heavy (non-hydrogen) atoms. The Bertz CT molecular complexity index is 611. The summed E-state index contributed by atoms with van der Waals surface area (Å²) in [5.74, 6) is -0.227. The molecule has 0 bridgehead atoms. The Morgan fingerprint density at radius 3 is 2.68 bits per heavy atom. The minimum atomic E-state index is -0.227. The predicted molar refractivity (Wildman–Crippen MR) is 79.6 cm³/mol. The van der Waals surface area contributed by atoms with E-state index in [1.807, 2.05) is 31.2 Å². The van der Waals surface area contributed by atoms with Crippen LogP contribution in [0.2, 0.25) is 5.02 Å². The summed E-state index contributed by atoms with van der Waals surface area (Å²) in [6, 6.07) is 12.6. The summed E-state index contributed by atoms with van der Waals surface area (Å²) >= 11 is 5.82. The van der Waals surface area contributed by atoms with E-state index in [-0.39, 0.29) is 5.91 Å². The van der Waals surface area contributed by atoms with Crippen molar-refractivity contribution in [1.82, 2.24) is 0 Å². The summed E-state index contributed by atoms with van der Waals surface area (Å²) in [5, 5.41) is 3.39. The van der Waals surface area contributed by atoms with Gasteiger partial charge < -0.3 is 11.1 Å². The molecule has 0 saturated heterocycles. The van der Waals surface area contributed by atoms with E-state index in [1.54, 1.807) is 18.2 Å². The Labute approximate surface area is 117 Å². The van der Waals surface area contributed by atoms with Gasteiger partial charge in [-0.15, -0.1) is 0 Å². The summed E-state index contributed by atoms with van der Waals surface area (Å²) in [5.41, 5.74) is 8.50. The van der Waals surface area contributed by atoms with Crippen LogP contribution in [-0.2, 0) is 6.42 Å². The number of carbonyl (C=O) groups is 1. The minimum Gasteiger partial charge on any atom is -0.398 e. The first-order chi connectivity index (χ1) is 9.11. The van der Waals surface area contributed by atoms with Gasteiger partial charge in [0.1, 0.15) is 0 Å². The van der Waals surface area contributed by atoms with Crippen molar-refractivity contribution in [2.24, 2.45) is 0 Å². The van der Waals surface area contributed by atoms with E-state index >= 15 is 0 Å². The highest BCUT2D eigenvalue weighted by Crippen LogP contribution is 2.21. The molecule has 98 valence electrons. The number of anilines is 2. The molecule has 0 heterocycles. The van der Waals surface area contributed by atoms with E-state index in [9.17, 15) is 4.79 Å². The first kappa shape index (κ1) is 13.4. The van der Waals surface area contributed by atoms with Crippen molar-refractivity contribution in [2.45, 2.75) is 13.3 Å². The minimum absolute atomic E-state index is 0.227. The molecule has 3 N–H and O–H groups in total. The maximum atomic E-state index is 12.2. The molecule has 0 saturated carbocycles. The highest BCUT2D eigenvalue weighted by atomic mass is 35.5. The number of hydrogen-bond donors (Lipinski definition) is 2. The zero-order valence-corrected chi connectivity index (χ0v) is 11.4. The van der Waals surface area contributed by atoms with Crippen molar-refractivity contribution in [3.63, 3.8) is 0 Å². The SMILES string of the molecule is CCc1ccccc1NC(=O)c1ccc(Cl)cc1N. The monoisotopic (exact) mass is 274 g/mol. The maximum Gasteiger partial charge on any atom is 0.257 e. The number of carbonyl (C=O) groups excluding carboxylic acids is 1. The third-order valence-corrected chi connectivity index (χ3v) is 3.14. The molecule has 0 aliphatic heterocycles. The Morgan fingerprint density at radius 1 is 1.26 bits per heavy atom. The van der Waals surface area contributed by atoms with Crippen LogP contribution in [0.15, 0.2) is 42.5 Å². The van der Waals surface area contributed by atoms with Gasteiger partial charge in [-0.3, -0.25) is 4.79 Å². The molecule has 0 aliphatic rings. The van der Waals surface area contributed by atoms with Crippen LogP contribution < -0.4 is 11.1 Å². The fraction of sp³-hybridized carbons (Fsp3) is 0.133. The molecule has 2 aromatic carbocycles. The Hall–Kier alpha value is -2.00. The average Bonchev–Trinajstić information content (AvgIpc) is 2.39. The summed E-state index contributed by atoms with van der Waals surface area (Å²) in [6.45, 7) is 2.04. The smallest absolute Gasteiger partial charge is 0.257 e. The number of hydrogen-bond acceptors (Lipinski definition) is 2. The molecule has 2 rings (SSSR count). The van der Waals surface area contributed by atoms with Gasteiger partial charge in [0.2, 0.25) is 0 Å². The topological polar surface area (TPSA) is 55.1 Å². The number of aryl methyl sites for hydroxylation is 1. The molecule has 1 amide bonds. The van der Waals surface area contributed by atoms with E-state index in [1.165, 1.54) is 0 Å². The molecule has 0 aromatic heterocycles. The maximum absolute atomic E-state index is 12.2. The standard InChI is InChI=1S/C15H15ClN2O/c1-2-10-5-3-4-6-14(10)18-15(19)12-8-7-11(16)9-13(12)17/h3-9H,2,17H2,1H3,(H,18,19). The number of halogens is 1. The van der Waals surface area contributed by atoms with E-state index < -0.39 is 0 Å². The molecular weight excluding hydrogens is 260 g/mol. The number of benzene rings is 2. The molecule has 0 spiro atoms. The van der Waals surface area contributed by atoms with E-state index in [4.69, 9.17) is 17.3 Å². The van der Waals surface area contributed by atoms with Gasteiger partial charge in [-0.1, -0.05) is 36.7 Å². The molecule has 0 unspecified atom stereocenters. The van der Waals surface area contributed by atoms with Gasteiger partial charge >= 0.3 is 0 Å². The predicted octanol–water partition coefficient (Wildman–Crippen LogP) is 3.74. The third kappa shape index (κ3) is 3.06. The van der Waals surface area contributed by atoms with Crippen LogP contribution in [0.1, 0.15) is 22.8 Å². The van der Waals surface area contributed by atoms with Crippen LogP contribution in [-0.4, -0.2) is 5.91 Å². The zero-order valence-electron chi connectivity index (χ0n) is 10.6. The van der Waals surface area contributed by atoms with E-state index in [0.717, 1.165) is 17.7 Å². The molecule has 0 aliphatic carbocycles. The summed E-state index contributed by atoms with van der Waals surface area (Å²) < 4.78 is 0. The number of para-hydroxylation sites is 1. The lowest BCUT2D eigenvalue weighted by Crippen LogP contribution is -2.15. The van der Waals surface area contributed by atoms with Gasteiger partial charge in [-0.25, -0.2) is 0 Å². The molecule has 4 heteroatoms. The van der Waals surface area contributed by atoms with Crippen molar-refractivity contribution in [2.75, 3.05) is 11.1 Å². The van der Waals surface area contributed by atoms with Crippen LogP contribution in [0.3, 0.4) is 0 Å². The molecule has 0 fully saturated rings. The van der Waals surface area contributed by atoms with Crippen LogP contribution in [0, 0.1) is 0 Å². The highest BCUT2D eigenvalue weighted by Gasteiger charge is 2.11. The Balaban J connectivity index is 2.26. The lowest BCUT2D eigenvalue weighted by molar-refractivity contribution is 0.102. The van der Waals surface area contributed by atoms with Gasteiger partial charge in [0, 0.05) is 16.4 Å². The lowest BCUT2D eigenvalue weighted by atomic mass is 10.1. The normalized spacial score (nSPS) is 10.2. The number of amides is 1. The highest BCUT2D eigenvalue weighted by molar-refractivity contribution is 6.31. The fourth-order valence-electron chi connectivity index (χ4n) is 1.88. The second-order valence-corrected chi connectivity index (χ2v) is 4.63. The van der Waals surface area contributed by atoms with Crippen molar-refractivity contribution < 1.29 is 4.79 Å².